The fourth-order valence-corrected chi connectivity index (χ4v) is 7.68. The molecule has 0 saturated carbocycles. The first-order valence-electron chi connectivity index (χ1n) is 18.0. The Bertz CT molecular complexity index is 3200. The van der Waals surface area contributed by atoms with Gasteiger partial charge in [0.1, 0.15) is 22.3 Å². The van der Waals surface area contributed by atoms with Gasteiger partial charge in [-0.15, -0.1) is 0 Å². The number of benzene rings is 7. The Labute approximate surface area is 309 Å². The Morgan fingerprint density at radius 2 is 0.926 bits per heavy atom. The summed E-state index contributed by atoms with van der Waals surface area (Å²) in [5, 5.41) is 5.24. The van der Waals surface area contributed by atoms with Crippen LogP contribution in [0.1, 0.15) is 0 Å². The van der Waals surface area contributed by atoms with Gasteiger partial charge in [0.2, 0.25) is 0 Å². The van der Waals surface area contributed by atoms with Gasteiger partial charge in [-0.1, -0.05) is 146 Å². The Kier molecular flexibility index (Phi) is 6.79. The predicted octanol–water partition coefficient (Wildman–Crippen LogP) is 13.2. The molecule has 0 aliphatic rings. The van der Waals surface area contributed by atoms with Gasteiger partial charge < -0.3 is 8.83 Å². The molecule has 4 aromatic heterocycles. The molecule has 5 nitrogen and oxygen atoms in total. The van der Waals surface area contributed by atoms with Crippen molar-refractivity contribution in [1.82, 2.24) is 15.0 Å². The Balaban J connectivity index is 1.06. The first-order valence-corrected chi connectivity index (χ1v) is 18.0. The van der Waals surface area contributed by atoms with Crippen molar-refractivity contribution in [1.29, 1.82) is 0 Å². The fraction of sp³-hybridized carbons (Fsp3) is 0. The zero-order valence-electron chi connectivity index (χ0n) is 28.9. The molecule has 0 N–H and O–H groups in total. The van der Waals surface area contributed by atoms with Crippen LogP contribution in [-0.2, 0) is 0 Å². The van der Waals surface area contributed by atoms with E-state index >= 15 is 0 Å². The lowest BCUT2D eigenvalue weighted by Crippen LogP contribution is -1.96. The summed E-state index contributed by atoms with van der Waals surface area (Å²) in [5.41, 5.74) is 12.9. The van der Waals surface area contributed by atoms with E-state index in [1.165, 1.54) is 0 Å². The molecular formula is C49H29N3O2. The number of hydrogen-bond donors (Lipinski definition) is 0. The van der Waals surface area contributed by atoms with Gasteiger partial charge in [-0.3, -0.25) is 0 Å². The summed E-state index contributed by atoms with van der Waals surface area (Å²) < 4.78 is 12.9. The Morgan fingerprint density at radius 3 is 1.69 bits per heavy atom. The van der Waals surface area contributed by atoms with E-state index in [1.54, 1.807) is 0 Å². The minimum atomic E-state index is 0.622. The van der Waals surface area contributed by atoms with Crippen molar-refractivity contribution in [3.63, 3.8) is 0 Å². The smallest absolute Gasteiger partial charge is 0.160 e. The van der Waals surface area contributed by atoms with E-state index in [9.17, 15) is 0 Å². The van der Waals surface area contributed by atoms with Crippen LogP contribution in [0.2, 0.25) is 0 Å². The molecule has 11 rings (SSSR count). The molecule has 0 amide bonds. The normalized spacial score (nSPS) is 11.7. The molecule has 0 aliphatic carbocycles. The Hall–Kier alpha value is -7.37. The van der Waals surface area contributed by atoms with E-state index in [0.29, 0.717) is 5.82 Å². The van der Waals surface area contributed by atoms with Crippen molar-refractivity contribution >= 4 is 54.8 Å². The number of rotatable bonds is 5. The number of aromatic nitrogens is 3. The molecule has 252 valence electrons. The summed E-state index contributed by atoms with van der Waals surface area (Å²) in [7, 11) is 0. The molecule has 0 spiro atoms. The third kappa shape index (κ3) is 4.90. The van der Waals surface area contributed by atoms with Gasteiger partial charge in [-0.05, 0) is 35.9 Å². The molecule has 0 bridgehead atoms. The summed E-state index contributed by atoms with van der Waals surface area (Å²) >= 11 is 0. The van der Waals surface area contributed by atoms with E-state index in [-0.39, 0.29) is 0 Å². The number of pyridine rings is 1. The molecule has 0 saturated heterocycles. The number of nitrogens with zero attached hydrogens (tertiary/aromatic N) is 3. The Morgan fingerprint density at radius 1 is 0.352 bits per heavy atom. The quantitative estimate of drug-likeness (QED) is 0.180. The van der Waals surface area contributed by atoms with E-state index in [0.717, 1.165) is 105 Å². The summed E-state index contributed by atoms with van der Waals surface area (Å²) in [4.78, 5) is 15.6. The third-order valence-corrected chi connectivity index (χ3v) is 10.3. The minimum Gasteiger partial charge on any atom is -0.455 e. The van der Waals surface area contributed by atoms with Gasteiger partial charge in [-0.2, -0.15) is 0 Å². The first-order chi connectivity index (χ1) is 26.7. The molecule has 5 heteroatoms. The van der Waals surface area contributed by atoms with E-state index in [2.05, 4.69) is 103 Å². The van der Waals surface area contributed by atoms with Crippen LogP contribution in [0.15, 0.2) is 185 Å². The summed E-state index contributed by atoms with van der Waals surface area (Å²) in [5.74, 6) is 0.622. The highest BCUT2D eigenvalue weighted by Gasteiger charge is 2.19. The van der Waals surface area contributed by atoms with Crippen LogP contribution >= 0.6 is 0 Å². The van der Waals surface area contributed by atoms with Crippen molar-refractivity contribution in [2.75, 3.05) is 0 Å². The average Bonchev–Trinajstić information content (AvgIpc) is 3.83. The summed E-state index contributed by atoms with van der Waals surface area (Å²) in [6.45, 7) is 0. The first kappa shape index (κ1) is 30.3. The zero-order valence-corrected chi connectivity index (χ0v) is 28.9. The second-order valence-corrected chi connectivity index (χ2v) is 13.5. The van der Waals surface area contributed by atoms with E-state index in [1.807, 2.05) is 72.8 Å². The number of para-hydroxylation sites is 3. The highest BCUT2D eigenvalue weighted by molar-refractivity contribution is 6.19. The van der Waals surface area contributed by atoms with Gasteiger partial charge in [0.05, 0.1) is 28.0 Å². The van der Waals surface area contributed by atoms with Gasteiger partial charge in [0.25, 0.3) is 0 Å². The number of furan rings is 2. The van der Waals surface area contributed by atoms with Crippen LogP contribution in [-0.4, -0.2) is 15.0 Å². The number of hydrogen-bond acceptors (Lipinski definition) is 5. The molecule has 0 fully saturated rings. The molecule has 11 aromatic rings. The summed E-state index contributed by atoms with van der Waals surface area (Å²) in [6.07, 6.45) is 0. The van der Waals surface area contributed by atoms with Crippen LogP contribution in [0.25, 0.3) is 111 Å². The second-order valence-electron chi connectivity index (χ2n) is 13.5. The molecule has 7 aromatic carbocycles. The molecule has 0 radical (unpaired) electrons. The maximum atomic E-state index is 6.53. The average molecular weight is 692 g/mol. The van der Waals surface area contributed by atoms with Crippen LogP contribution in [0, 0.1) is 0 Å². The lowest BCUT2D eigenvalue weighted by molar-refractivity contribution is 0.670. The topological polar surface area (TPSA) is 65.0 Å². The SMILES string of the molecule is c1ccc(-c2cc(-c3ccc(-c4cccc5c4oc4ccccc45)cc3)nc(-c3ccc4c(c3)nc(-c3ccccc3)c3c5ccccc5oc43)n2)cc1. The van der Waals surface area contributed by atoms with Gasteiger partial charge >= 0.3 is 0 Å². The third-order valence-electron chi connectivity index (χ3n) is 10.3. The molecule has 54 heavy (non-hydrogen) atoms. The van der Waals surface area contributed by atoms with Crippen LogP contribution in [0.4, 0.5) is 0 Å². The lowest BCUT2D eigenvalue weighted by Gasteiger charge is -2.11. The van der Waals surface area contributed by atoms with Crippen LogP contribution in [0.3, 0.4) is 0 Å². The van der Waals surface area contributed by atoms with Gasteiger partial charge in [0.15, 0.2) is 5.82 Å². The fourth-order valence-electron chi connectivity index (χ4n) is 7.68. The zero-order chi connectivity index (χ0) is 35.6. The largest absolute Gasteiger partial charge is 0.455 e. The lowest BCUT2D eigenvalue weighted by atomic mass is 9.99. The van der Waals surface area contributed by atoms with Crippen molar-refractivity contribution in [3.8, 4) is 56.3 Å². The molecule has 0 unspecified atom stereocenters. The van der Waals surface area contributed by atoms with Gasteiger partial charge in [-0.25, -0.2) is 15.0 Å². The molecular weight excluding hydrogens is 663 g/mol. The van der Waals surface area contributed by atoms with E-state index < -0.39 is 0 Å². The minimum absolute atomic E-state index is 0.622. The van der Waals surface area contributed by atoms with Crippen molar-refractivity contribution in [2.45, 2.75) is 0 Å². The van der Waals surface area contributed by atoms with Crippen LogP contribution < -0.4 is 0 Å². The van der Waals surface area contributed by atoms with Gasteiger partial charge in [0, 0.05) is 49.4 Å². The second kappa shape index (κ2) is 12.1. The number of fused-ring (bicyclic) bond motifs is 8. The standard InChI is InChI=1S/C49H29N3O2/c1-3-12-31(13-4-1)40-29-41(32-24-22-30(23-25-32)35-18-11-19-37-36-16-7-9-20-43(36)53-47(35)37)52-49(51-40)34-26-27-38-42(28-34)50-46(33-14-5-2-6-15-33)45-39-17-8-10-21-44(39)54-48(38)45/h1-29H. The van der Waals surface area contributed by atoms with Crippen molar-refractivity contribution < 1.29 is 8.83 Å². The molecule has 4 heterocycles. The van der Waals surface area contributed by atoms with Crippen LogP contribution in [0.5, 0.6) is 0 Å². The summed E-state index contributed by atoms with van der Waals surface area (Å²) in [6, 6.07) is 60.1. The maximum Gasteiger partial charge on any atom is 0.160 e. The molecule has 0 atom stereocenters. The highest BCUT2D eigenvalue weighted by atomic mass is 16.3. The maximum absolute atomic E-state index is 6.53. The molecule has 0 aliphatic heterocycles. The van der Waals surface area contributed by atoms with Crippen molar-refractivity contribution in [2.24, 2.45) is 0 Å². The highest BCUT2D eigenvalue weighted by Crippen LogP contribution is 2.41. The van der Waals surface area contributed by atoms with Crippen molar-refractivity contribution in [3.05, 3.63) is 176 Å². The van der Waals surface area contributed by atoms with E-state index in [4.69, 9.17) is 23.8 Å². The predicted molar refractivity (Wildman–Crippen MR) is 219 cm³/mol. The monoisotopic (exact) mass is 691 g/mol.